The third kappa shape index (κ3) is 4.78. The van der Waals surface area contributed by atoms with Gasteiger partial charge in [0.2, 0.25) is 0 Å². The SMILES string of the molecule is Cl.FC(F)Oc1ccc(CC2CCNCC2)cc1. The Morgan fingerprint density at radius 2 is 1.78 bits per heavy atom. The quantitative estimate of drug-likeness (QED) is 0.912. The van der Waals surface area contributed by atoms with Gasteiger partial charge in [0, 0.05) is 0 Å². The molecule has 0 spiro atoms. The van der Waals surface area contributed by atoms with Gasteiger partial charge in [-0.1, -0.05) is 12.1 Å². The smallest absolute Gasteiger partial charge is 0.387 e. The number of piperidine rings is 1. The van der Waals surface area contributed by atoms with Crippen LogP contribution in [0.4, 0.5) is 8.78 Å². The Hall–Kier alpha value is -0.870. The first-order valence-electron chi connectivity index (χ1n) is 5.98. The zero-order chi connectivity index (χ0) is 12.1. The number of nitrogens with one attached hydrogen (secondary N) is 1. The molecule has 5 heteroatoms. The molecule has 1 heterocycles. The van der Waals surface area contributed by atoms with Crippen molar-refractivity contribution in [2.75, 3.05) is 13.1 Å². The summed E-state index contributed by atoms with van der Waals surface area (Å²) < 4.78 is 28.2. The largest absolute Gasteiger partial charge is 0.435 e. The summed E-state index contributed by atoms with van der Waals surface area (Å²) in [5.74, 6) is 0.937. The molecule has 0 atom stereocenters. The maximum atomic E-state index is 12.0. The zero-order valence-corrected chi connectivity index (χ0v) is 10.9. The molecule has 0 saturated carbocycles. The molecule has 102 valence electrons. The van der Waals surface area contributed by atoms with Crippen LogP contribution in [0.1, 0.15) is 18.4 Å². The fourth-order valence-corrected chi connectivity index (χ4v) is 2.23. The first kappa shape index (κ1) is 15.2. The molecule has 1 N–H and O–H groups in total. The number of hydrogen-bond donors (Lipinski definition) is 1. The van der Waals surface area contributed by atoms with E-state index in [9.17, 15) is 8.78 Å². The van der Waals surface area contributed by atoms with Gasteiger partial charge in [0.1, 0.15) is 5.75 Å². The summed E-state index contributed by atoms with van der Waals surface area (Å²) in [7, 11) is 0. The Bertz CT molecular complexity index is 339. The van der Waals surface area contributed by atoms with Crippen molar-refractivity contribution < 1.29 is 13.5 Å². The molecule has 1 aliphatic rings. The van der Waals surface area contributed by atoms with Crippen LogP contribution in [0.3, 0.4) is 0 Å². The fraction of sp³-hybridized carbons (Fsp3) is 0.538. The second kappa shape index (κ2) is 7.54. The molecule has 1 aromatic carbocycles. The predicted molar refractivity (Wildman–Crippen MR) is 69.6 cm³/mol. The molecule has 2 rings (SSSR count). The predicted octanol–water partition coefficient (Wildman–Crippen LogP) is 3.25. The number of ether oxygens (including phenoxy) is 1. The number of alkyl halides is 2. The highest BCUT2D eigenvalue weighted by molar-refractivity contribution is 5.85. The van der Waals surface area contributed by atoms with Crippen LogP contribution in [0.2, 0.25) is 0 Å². The highest BCUT2D eigenvalue weighted by Gasteiger charge is 2.13. The summed E-state index contributed by atoms with van der Waals surface area (Å²) in [5, 5.41) is 3.33. The van der Waals surface area contributed by atoms with Crippen molar-refractivity contribution in [2.45, 2.75) is 25.9 Å². The standard InChI is InChI=1S/C13H17F2NO.ClH/c14-13(15)17-12-3-1-10(2-4-12)9-11-5-7-16-8-6-11;/h1-4,11,13,16H,5-9H2;1H. The molecule has 1 aromatic rings. The normalized spacial score (nSPS) is 16.4. The Morgan fingerprint density at radius 3 is 2.33 bits per heavy atom. The van der Waals surface area contributed by atoms with Gasteiger partial charge in [0.15, 0.2) is 0 Å². The maximum Gasteiger partial charge on any atom is 0.387 e. The first-order valence-corrected chi connectivity index (χ1v) is 5.98. The lowest BCUT2D eigenvalue weighted by molar-refractivity contribution is -0.0498. The summed E-state index contributed by atoms with van der Waals surface area (Å²) in [5.41, 5.74) is 1.19. The Balaban J connectivity index is 0.00000162. The molecule has 1 aliphatic heterocycles. The van der Waals surface area contributed by atoms with Crippen molar-refractivity contribution in [3.63, 3.8) is 0 Å². The lowest BCUT2D eigenvalue weighted by Crippen LogP contribution is -2.28. The van der Waals surface area contributed by atoms with E-state index in [4.69, 9.17) is 0 Å². The molecule has 1 fully saturated rings. The van der Waals surface area contributed by atoms with Crippen LogP contribution in [0.25, 0.3) is 0 Å². The van der Waals surface area contributed by atoms with Crippen LogP contribution < -0.4 is 10.1 Å². The lowest BCUT2D eigenvalue weighted by atomic mass is 9.91. The van der Waals surface area contributed by atoms with Crippen LogP contribution in [0.15, 0.2) is 24.3 Å². The molecular weight excluding hydrogens is 260 g/mol. The number of benzene rings is 1. The summed E-state index contributed by atoms with van der Waals surface area (Å²) in [6, 6.07) is 6.98. The van der Waals surface area contributed by atoms with Gasteiger partial charge in [0.25, 0.3) is 0 Å². The molecule has 2 nitrogen and oxygen atoms in total. The molecule has 18 heavy (non-hydrogen) atoms. The average Bonchev–Trinajstić information content (AvgIpc) is 2.32. The monoisotopic (exact) mass is 277 g/mol. The van der Waals surface area contributed by atoms with Gasteiger partial charge in [-0.15, -0.1) is 12.4 Å². The molecule has 0 aliphatic carbocycles. The molecule has 0 amide bonds. The summed E-state index contributed by atoms with van der Waals surface area (Å²) in [4.78, 5) is 0. The first-order chi connectivity index (χ1) is 8.24. The van der Waals surface area contributed by atoms with E-state index in [1.807, 2.05) is 12.1 Å². The van der Waals surface area contributed by atoms with Crippen molar-refractivity contribution in [3.8, 4) is 5.75 Å². The molecule has 0 radical (unpaired) electrons. The van der Waals surface area contributed by atoms with Crippen molar-refractivity contribution >= 4 is 12.4 Å². The minimum absolute atomic E-state index is 0. The lowest BCUT2D eigenvalue weighted by Gasteiger charge is -2.22. The van der Waals surface area contributed by atoms with E-state index in [0.29, 0.717) is 5.92 Å². The second-order valence-electron chi connectivity index (χ2n) is 4.42. The fourth-order valence-electron chi connectivity index (χ4n) is 2.23. The van der Waals surface area contributed by atoms with Crippen molar-refractivity contribution in [3.05, 3.63) is 29.8 Å². The van der Waals surface area contributed by atoms with Gasteiger partial charge in [-0.3, -0.25) is 0 Å². The molecule has 0 aromatic heterocycles. The van der Waals surface area contributed by atoms with E-state index in [1.165, 1.54) is 18.4 Å². The van der Waals surface area contributed by atoms with E-state index in [-0.39, 0.29) is 18.2 Å². The maximum absolute atomic E-state index is 12.0. The van der Waals surface area contributed by atoms with Gasteiger partial charge >= 0.3 is 6.61 Å². The minimum Gasteiger partial charge on any atom is -0.435 e. The Kier molecular flexibility index (Phi) is 6.36. The topological polar surface area (TPSA) is 21.3 Å². The van der Waals surface area contributed by atoms with Crippen LogP contribution >= 0.6 is 12.4 Å². The highest BCUT2D eigenvalue weighted by Crippen LogP contribution is 2.20. The zero-order valence-electron chi connectivity index (χ0n) is 10.1. The van der Waals surface area contributed by atoms with Gasteiger partial charge in [0.05, 0.1) is 0 Å². The van der Waals surface area contributed by atoms with Crippen LogP contribution in [-0.2, 0) is 6.42 Å². The van der Waals surface area contributed by atoms with Crippen LogP contribution in [0, 0.1) is 5.92 Å². The van der Waals surface area contributed by atoms with Gasteiger partial charge in [-0.2, -0.15) is 8.78 Å². The number of rotatable bonds is 4. The van der Waals surface area contributed by atoms with Gasteiger partial charge in [-0.05, 0) is 56.0 Å². The van der Waals surface area contributed by atoms with E-state index in [2.05, 4.69) is 10.1 Å². The summed E-state index contributed by atoms with van der Waals surface area (Å²) in [6.07, 6.45) is 3.40. The van der Waals surface area contributed by atoms with E-state index in [1.54, 1.807) is 12.1 Å². The molecule has 0 unspecified atom stereocenters. The molecular formula is C13H18ClF2NO. The van der Waals surface area contributed by atoms with E-state index >= 15 is 0 Å². The molecule has 0 bridgehead atoms. The third-order valence-corrected chi connectivity index (χ3v) is 3.13. The Labute approximate surface area is 112 Å². The van der Waals surface area contributed by atoms with Crippen molar-refractivity contribution in [1.82, 2.24) is 5.32 Å². The number of hydrogen-bond acceptors (Lipinski definition) is 2. The third-order valence-electron chi connectivity index (χ3n) is 3.13. The summed E-state index contributed by atoms with van der Waals surface area (Å²) >= 11 is 0. The van der Waals surface area contributed by atoms with Gasteiger partial charge < -0.3 is 10.1 Å². The van der Waals surface area contributed by atoms with E-state index in [0.717, 1.165) is 19.5 Å². The van der Waals surface area contributed by atoms with Gasteiger partial charge in [-0.25, -0.2) is 0 Å². The van der Waals surface area contributed by atoms with Crippen molar-refractivity contribution in [2.24, 2.45) is 5.92 Å². The highest BCUT2D eigenvalue weighted by atomic mass is 35.5. The second-order valence-corrected chi connectivity index (χ2v) is 4.42. The average molecular weight is 278 g/mol. The number of halogens is 3. The van der Waals surface area contributed by atoms with Crippen LogP contribution in [0.5, 0.6) is 5.75 Å². The van der Waals surface area contributed by atoms with E-state index < -0.39 is 6.61 Å². The van der Waals surface area contributed by atoms with Crippen molar-refractivity contribution in [1.29, 1.82) is 0 Å². The molecule has 1 saturated heterocycles. The summed E-state index contributed by atoms with van der Waals surface area (Å²) in [6.45, 7) is -0.584. The Morgan fingerprint density at radius 1 is 1.17 bits per heavy atom. The van der Waals surface area contributed by atoms with Crippen LogP contribution in [-0.4, -0.2) is 19.7 Å². The minimum atomic E-state index is -2.75.